The van der Waals surface area contributed by atoms with Crippen molar-refractivity contribution >= 4 is 11.6 Å². The molecule has 0 N–H and O–H groups in total. The third-order valence-corrected chi connectivity index (χ3v) is 3.61. The fourth-order valence-corrected chi connectivity index (χ4v) is 2.67. The van der Waals surface area contributed by atoms with E-state index < -0.39 is 0 Å². The first-order chi connectivity index (χ1) is 9.22. The normalized spacial score (nSPS) is 20.2. The molecule has 1 aliphatic rings. The average Bonchev–Trinajstić information content (AvgIpc) is 3.07. The molecule has 1 aliphatic heterocycles. The van der Waals surface area contributed by atoms with Crippen LogP contribution in [-0.2, 0) is 6.54 Å². The van der Waals surface area contributed by atoms with E-state index >= 15 is 0 Å². The summed E-state index contributed by atoms with van der Waals surface area (Å²) in [7, 11) is 0. The number of halogens is 1. The lowest BCUT2D eigenvalue weighted by molar-refractivity contribution is 0.199. The van der Waals surface area contributed by atoms with E-state index in [1.165, 1.54) is 0 Å². The van der Waals surface area contributed by atoms with E-state index in [1.807, 2.05) is 17.8 Å². The maximum absolute atomic E-state index is 5.85. The van der Waals surface area contributed by atoms with E-state index in [0.29, 0.717) is 10.8 Å². The predicted molar refractivity (Wildman–Crippen MR) is 69.8 cm³/mol. The minimum absolute atomic E-state index is 0.243. The molecular weight excluding hydrogens is 266 g/mol. The van der Waals surface area contributed by atoms with Gasteiger partial charge < -0.3 is 4.52 Å². The van der Waals surface area contributed by atoms with Crippen LogP contribution in [0.2, 0.25) is 5.02 Å². The van der Waals surface area contributed by atoms with Crippen LogP contribution in [0, 0.1) is 6.92 Å². The fourth-order valence-electron chi connectivity index (χ4n) is 2.51. The van der Waals surface area contributed by atoms with Crippen molar-refractivity contribution in [3.8, 4) is 0 Å². The average molecular weight is 282 g/mol. The molecule has 2 aromatic rings. The van der Waals surface area contributed by atoms with Gasteiger partial charge in [-0.3, -0.25) is 9.58 Å². The van der Waals surface area contributed by atoms with Crippen molar-refractivity contribution in [2.75, 3.05) is 13.1 Å². The van der Waals surface area contributed by atoms with Gasteiger partial charge in [-0.25, -0.2) is 0 Å². The predicted octanol–water partition coefficient (Wildman–Crippen LogP) is 2.07. The van der Waals surface area contributed by atoms with Crippen molar-refractivity contribution < 1.29 is 4.52 Å². The number of hydrogen-bond acceptors (Lipinski definition) is 5. The molecule has 1 saturated heterocycles. The Balaban J connectivity index is 1.63. The van der Waals surface area contributed by atoms with Crippen molar-refractivity contribution in [1.82, 2.24) is 24.8 Å². The SMILES string of the molecule is Cc1noc(C2CCCN2CCn2cc(Cl)cn2)n1. The molecule has 7 heteroatoms. The van der Waals surface area contributed by atoms with Gasteiger partial charge in [-0.05, 0) is 26.3 Å². The van der Waals surface area contributed by atoms with Gasteiger partial charge >= 0.3 is 0 Å². The zero-order valence-corrected chi connectivity index (χ0v) is 11.5. The highest BCUT2D eigenvalue weighted by Crippen LogP contribution is 2.30. The molecular formula is C12H16ClN5O. The summed E-state index contributed by atoms with van der Waals surface area (Å²) in [5.74, 6) is 1.43. The molecule has 0 radical (unpaired) electrons. The van der Waals surface area contributed by atoms with Crippen molar-refractivity contribution in [3.05, 3.63) is 29.1 Å². The lowest BCUT2D eigenvalue weighted by Crippen LogP contribution is -2.27. The number of aryl methyl sites for hydroxylation is 1. The summed E-state index contributed by atoms with van der Waals surface area (Å²) < 4.78 is 7.15. The zero-order valence-electron chi connectivity index (χ0n) is 10.8. The van der Waals surface area contributed by atoms with Gasteiger partial charge in [0.1, 0.15) is 0 Å². The summed E-state index contributed by atoms with van der Waals surface area (Å²) in [5, 5.41) is 8.73. The van der Waals surface area contributed by atoms with Gasteiger partial charge in [-0.15, -0.1) is 0 Å². The van der Waals surface area contributed by atoms with Gasteiger partial charge in [0, 0.05) is 12.7 Å². The lowest BCUT2D eigenvalue weighted by Gasteiger charge is -2.21. The summed E-state index contributed by atoms with van der Waals surface area (Å²) in [6, 6.07) is 0.243. The van der Waals surface area contributed by atoms with E-state index in [2.05, 4.69) is 20.1 Å². The Labute approximate surface area is 116 Å². The summed E-state index contributed by atoms with van der Waals surface area (Å²) >= 11 is 5.85. The van der Waals surface area contributed by atoms with Crippen molar-refractivity contribution in [1.29, 1.82) is 0 Å². The molecule has 1 unspecified atom stereocenters. The van der Waals surface area contributed by atoms with E-state index in [4.69, 9.17) is 16.1 Å². The first kappa shape index (κ1) is 12.6. The van der Waals surface area contributed by atoms with Crippen LogP contribution in [0.1, 0.15) is 30.6 Å². The largest absolute Gasteiger partial charge is 0.338 e. The second kappa shape index (κ2) is 5.30. The molecule has 3 rings (SSSR count). The van der Waals surface area contributed by atoms with Crippen LogP contribution < -0.4 is 0 Å². The summed E-state index contributed by atoms with van der Waals surface area (Å²) in [5.41, 5.74) is 0. The standard InChI is InChI=1S/C12H16ClN5O/c1-9-15-12(19-16-9)11-3-2-4-17(11)5-6-18-8-10(13)7-14-18/h7-8,11H,2-6H2,1H3. The molecule has 0 bridgehead atoms. The van der Waals surface area contributed by atoms with E-state index in [9.17, 15) is 0 Å². The van der Waals surface area contributed by atoms with Gasteiger partial charge in [0.25, 0.3) is 0 Å². The quantitative estimate of drug-likeness (QED) is 0.858. The second-order valence-electron chi connectivity index (χ2n) is 4.80. The van der Waals surface area contributed by atoms with Crippen molar-refractivity contribution in [2.24, 2.45) is 0 Å². The highest BCUT2D eigenvalue weighted by Gasteiger charge is 2.29. The smallest absolute Gasteiger partial charge is 0.243 e. The monoisotopic (exact) mass is 281 g/mol. The topological polar surface area (TPSA) is 60.0 Å². The van der Waals surface area contributed by atoms with Crippen LogP contribution in [0.25, 0.3) is 0 Å². The molecule has 3 heterocycles. The number of likely N-dealkylation sites (tertiary alicyclic amines) is 1. The van der Waals surface area contributed by atoms with Gasteiger partial charge in [0.2, 0.25) is 5.89 Å². The van der Waals surface area contributed by atoms with Gasteiger partial charge in [-0.1, -0.05) is 16.8 Å². The third-order valence-electron chi connectivity index (χ3n) is 3.41. The number of rotatable bonds is 4. The summed E-state index contributed by atoms with van der Waals surface area (Å²) in [6.45, 7) is 4.62. The minimum Gasteiger partial charge on any atom is -0.338 e. The number of aromatic nitrogens is 4. The third kappa shape index (κ3) is 2.79. The summed E-state index contributed by atoms with van der Waals surface area (Å²) in [4.78, 5) is 6.70. The highest BCUT2D eigenvalue weighted by molar-refractivity contribution is 6.30. The Kier molecular flexibility index (Phi) is 3.52. The molecule has 0 aliphatic carbocycles. The van der Waals surface area contributed by atoms with Gasteiger partial charge in [-0.2, -0.15) is 10.1 Å². The molecule has 19 heavy (non-hydrogen) atoms. The number of nitrogens with zero attached hydrogens (tertiary/aromatic N) is 5. The first-order valence-corrected chi connectivity index (χ1v) is 6.82. The molecule has 102 valence electrons. The minimum atomic E-state index is 0.243. The Morgan fingerprint density at radius 2 is 2.37 bits per heavy atom. The van der Waals surface area contributed by atoms with Crippen LogP contribution in [0.5, 0.6) is 0 Å². The second-order valence-corrected chi connectivity index (χ2v) is 5.23. The van der Waals surface area contributed by atoms with Crippen LogP contribution >= 0.6 is 11.6 Å². The first-order valence-electron chi connectivity index (χ1n) is 6.44. The molecule has 2 aromatic heterocycles. The van der Waals surface area contributed by atoms with Gasteiger partial charge in [0.15, 0.2) is 5.82 Å². The molecule has 1 fully saturated rings. The molecule has 1 atom stereocenters. The molecule has 0 amide bonds. The Morgan fingerprint density at radius 1 is 1.47 bits per heavy atom. The lowest BCUT2D eigenvalue weighted by atomic mass is 10.2. The molecule has 6 nitrogen and oxygen atoms in total. The van der Waals surface area contributed by atoms with Crippen LogP contribution in [0.4, 0.5) is 0 Å². The molecule has 0 spiro atoms. The summed E-state index contributed by atoms with van der Waals surface area (Å²) in [6.07, 6.45) is 5.72. The molecule has 0 saturated carbocycles. The van der Waals surface area contributed by atoms with E-state index in [-0.39, 0.29) is 6.04 Å². The fraction of sp³-hybridized carbons (Fsp3) is 0.583. The zero-order chi connectivity index (χ0) is 13.2. The Bertz CT molecular complexity index is 552. The highest BCUT2D eigenvalue weighted by atomic mass is 35.5. The Morgan fingerprint density at radius 3 is 3.05 bits per heavy atom. The van der Waals surface area contributed by atoms with Crippen molar-refractivity contribution in [2.45, 2.75) is 32.4 Å². The van der Waals surface area contributed by atoms with Crippen LogP contribution in [0.15, 0.2) is 16.9 Å². The number of hydrogen-bond donors (Lipinski definition) is 0. The molecule has 0 aromatic carbocycles. The van der Waals surface area contributed by atoms with Gasteiger partial charge in [0.05, 0.1) is 23.8 Å². The van der Waals surface area contributed by atoms with Crippen LogP contribution in [-0.4, -0.2) is 37.9 Å². The van der Waals surface area contributed by atoms with E-state index in [0.717, 1.165) is 38.4 Å². The Hall–Kier alpha value is -1.40. The maximum atomic E-state index is 5.85. The maximum Gasteiger partial charge on any atom is 0.243 e. The van der Waals surface area contributed by atoms with E-state index in [1.54, 1.807) is 6.20 Å². The van der Waals surface area contributed by atoms with Crippen molar-refractivity contribution in [3.63, 3.8) is 0 Å². The van der Waals surface area contributed by atoms with Crippen LogP contribution in [0.3, 0.4) is 0 Å².